The number of piperidine rings is 1. The fourth-order valence-corrected chi connectivity index (χ4v) is 1.60. The van der Waals surface area contributed by atoms with Crippen LogP contribution in [0.25, 0.3) is 0 Å². The van der Waals surface area contributed by atoms with Crippen LogP contribution in [0.1, 0.15) is 33.6 Å². The normalized spacial score (nSPS) is 17.1. The minimum atomic E-state index is -0.607. The van der Waals surface area contributed by atoms with Gasteiger partial charge in [-0.25, -0.2) is 4.79 Å². The second-order valence-electron chi connectivity index (χ2n) is 5.29. The molecule has 6 nitrogen and oxygen atoms in total. The molecule has 18 heavy (non-hydrogen) atoms. The zero-order valence-electron chi connectivity index (χ0n) is 11.2. The van der Waals surface area contributed by atoms with E-state index in [0.29, 0.717) is 0 Å². The maximum atomic E-state index is 11.5. The van der Waals surface area contributed by atoms with Gasteiger partial charge in [-0.05, 0) is 46.7 Å². The zero-order valence-corrected chi connectivity index (χ0v) is 11.2. The third-order valence-electron chi connectivity index (χ3n) is 2.36. The summed E-state index contributed by atoms with van der Waals surface area (Å²) in [6.45, 7) is 6.85. The van der Waals surface area contributed by atoms with Crippen molar-refractivity contribution in [2.75, 3.05) is 19.6 Å². The summed E-state index contributed by atoms with van der Waals surface area (Å²) in [5, 5.41) is 5.56. The number of esters is 1. The summed E-state index contributed by atoms with van der Waals surface area (Å²) < 4.78 is 10.2. The Bertz CT molecular complexity index is 293. The molecule has 1 aliphatic heterocycles. The molecule has 1 fully saturated rings. The molecule has 1 aliphatic rings. The molecule has 0 spiro atoms. The largest absolute Gasteiger partial charge is 0.461 e. The van der Waals surface area contributed by atoms with Gasteiger partial charge in [0, 0.05) is 0 Å². The van der Waals surface area contributed by atoms with Crippen LogP contribution in [0, 0.1) is 0 Å². The van der Waals surface area contributed by atoms with Crippen LogP contribution in [0.3, 0.4) is 0 Å². The summed E-state index contributed by atoms with van der Waals surface area (Å²) in [5.74, 6) is -0.423. The van der Waals surface area contributed by atoms with Crippen molar-refractivity contribution in [3.05, 3.63) is 0 Å². The minimum absolute atomic E-state index is 0.0424. The standard InChI is InChI=1S/C12H22N2O4/c1-12(2,3)18-11(16)14-8-10(15)17-9-4-6-13-7-5-9/h9,13H,4-8H2,1-3H3,(H,14,16). The highest BCUT2D eigenvalue weighted by Gasteiger charge is 2.19. The second-order valence-corrected chi connectivity index (χ2v) is 5.29. The van der Waals surface area contributed by atoms with Gasteiger partial charge in [-0.3, -0.25) is 4.79 Å². The average Bonchev–Trinajstić information content (AvgIpc) is 2.25. The van der Waals surface area contributed by atoms with Gasteiger partial charge in [0.1, 0.15) is 18.2 Å². The fourth-order valence-electron chi connectivity index (χ4n) is 1.60. The molecule has 1 heterocycles. The topological polar surface area (TPSA) is 76.7 Å². The summed E-state index contributed by atoms with van der Waals surface area (Å²) >= 11 is 0. The number of carbonyl (C=O) groups is 2. The molecule has 0 aromatic heterocycles. The lowest BCUT2D eigenvalue weighted by Gasteiger charge is -2.23. The average molecular weight is 258 g/mol. The van der Waals surface area contributed by atoms with E-state index in [9.17, 15) is 9.59 Å². The van der Waals surface area contributed by atoms with Crippen molar-refractivity contribution < 1.29 is 19.1 Å². The number of alkyl carbamates (subject to hydrolysis) is 1. The number of nitrogens with one attached hydrogen (secondary N) is 2. The summed E-state index contributed by atoms with van der Waals surface area (Å²) in [6.07, 6.45) is 0.986. The van der Waals surface area contributed by atoms with Crippen molar-refractivity contribution in [3.8, 4) is 0 Å². The van der Waals surface area contributed by atoms with E-state index >= 15 is 0 Å². The van der Waals surface area contributed by atoms with E-state index in [-0.39, 0.29) is 12.6 Å². The van der Waals surface area contributed by atoms with Crippen LogP contribution < -0.4 is 10.6 Å². The molecule has 1 saturated heterocycles. The molecule has 0 atom stereocenters. The Balaban J connectivity index is 2.18. The molecule has 0 aliphatic carbocycles. The van der Waals surface area contributed by atoms with Gasteiger partial charge in [0.2, 0.25) is 0 Å². The predicted molar refractivity (Wildman–Crippen MR) is 66.2 cm³/mol. The summed E-state index contributed by atoms with van der Waals surface area (Å²) in [4.78, 5) is 22.8. The molecule has 2 N–H and O–H groups in total. The molecule has 0 unspecified atom stereocenters. The number of hydrogen-bond acceptors (Lipinski definition) is 5. The van der Waals surface area contributed by atoms with Crippen LogP contribution in [0.5, 0.6) is 0 Å². The molecule has 0 radical (unpaired) electrons. The Morgan fingerprint density at radius 2 is 1.89 bits per heavy atom. The second kappa shape index (κ2) is 6.58. The van der Waals surface area contributed by atoms with Gasteiger partial charge < -0.3 is 20.1 Å². The Labute approximate surface area is 107 Å². The lowest BCUT2D eigenvalue weighted by atomic mass is 10.1. The van der Waals surface area contributed by atoms with Crippen molar-refractivity contribution in [3.63, 3.8) is 0 Å². The molecule has 1 amide bonds. The van der Waals surface area contributed by atoms with Crippen molar-refractivity contribution in [2.45, 2.75) is 45.3 Å². The van der Waals surface area contributed by atoms with Gasteiger partial charge in [-0.2, -0.15) is 0 Å². The molecular weight excluding hydrogens is 236 g/mol. The van der Waals surface area contributed by atoms with Gasteiger partial charge in [0.15, 0.2) is 0 Å². The van der Waals surface area contributed by atoms with E-state index in [4.69, 9.17) is 9.47 Å². The first kappa shape index (κ1) is 14.8. The van der Waals surface area contributed by atoms with Crippen molar-refractivity contribution in [1.29, 1.82) is 0 Å². The molecule has 0 saturated carbocycles. The first-order valence-corrected chi connectivity index (χ1v) is 6.24. The summed E-state index contributed by atoms with van der Waals surface area (Å²) in [6, 6.07) is 0. The summed E-state index contributed by atoms with van der Waals surface area (Å²) in [5.41, 5.74) is -0.566. The lowest BCUT2D eigenvalue weighted by Crippen LogP contribution is -2.39. The first-order chi connectivity index (χ1) is 8.37. The molecule has 1 rings (SSSR count). The van der Waals surface area contributed by atoms with Crippen molar-refractivity contribution >= 4 is 12.1 Å². The maximum absolute atomic E-state index is 11.5. The van der Waals surface area contributed by atoms with Crippen LogP contribution in [-0.2, 0) is 14.3 Å². The monoisotopic (exact) mass is 258 g/mol. The van der Waals surface area contributed by atoms with E-state index in [1.807, 2.05) is 0 Å². The molecule has 0 aromatic carbocycles. The van der Waals surface area contributed by atoms with Crippen molar-refractivity contribution in [2.24, 2.45) is 0 Å². The van der Waals surface area contributed by atoms with Gasteiger partial charge in [0.25, 0.3) is 0 Å². The predicted octanol–water partition coefficient (Wildman–Crippen LogP) is 0.806. The van der Waals surface area contributed by atoms with Crippen LogP contribution >= 0.6 is 0 Å². The number of ether oxygens (including phenoxy) is 2. The Morgan fingerprint density at radius 3 is 2.44 bits per heavy atom. The molecule has 6 heteroatoms. The number of amides is 1. The van der Waals surface area contributed by atoms with E-state index in [2.05, 4.69) is 10.6 Å². The van der Waals surface area contributed by atoms with Gasteiger partial charge >= 0.3 is 12.1 Å². The van der Waals surface area contributed by atoms with Crippen LogP contribution in [0.15, 0.2) is 0 Å². The van der Waals surface area contributed by atoms with Crippen LogP contribution in [0.2, 0.25) is 0 Å². The van der Waals surface area contributed by atoms with E-state index in [0.717, 1.165) is 25.9 Å². The van der Waals surface area contributed by atoms with E-state index < -0.39 is 17.7 Å². The fraction of sp³-hybridized carbons (Fsp3) is 0.833. The zero-order chi connectivity index (χ0) is 13.6. The number of hydrogen-bond donors (Lipinski definition) is 2. The Hall–Kier alpha value is -1.30. The third-order valence-corrected chi connectivity index (χ3v) is 2.36. The van der Waals surface area contributed by atoms with Gasteiger partial charge in [-0.15, -0.1) is 0 Å². The SMILES string of the molecule is CC(C)(C)OC(=O)NCC(=O)OC1CCNCC1. The number of rotatable bonds is 3. The quantitative estimate of drug-likeness (QED) is 0.732. The van der Waals surface area contributed by atoms with Gasteiger partial charge in [-0.1, -0.05) is 0 Å². The smallest absolute Gasteiger partial charge is 0.408 e. The first-order valence-electron chi connectivity index (χ1n) is 6.24. The van der Waals surface area contributed by atoms with Gasteiger partial charge in [0.05, 0.1) is 0 Å². The Kier molecular flexibility index (Phi) is 5.40. The Morgan fingerprint density at radius 1 is 1.28 bits per heavy atom. The molecule has 0 bridgehead atoms. The molecule has 0 aromatic rings. The maximum Gasteiger partial charge on any atom is 0.408 e. The number of carbonyl (C=O) groups excluding carboxylic acids is 2. The highest BCUT2D eigenvalue weighted by Crippen LogP contribution is 2.08. The summed E-state index contributed by atoms with van der Waals surface area (Å²) in [7, 11) is 0. The molecule has 104 valence electrons. The minimum Gasteiger partial charge on any atom is -0.461 e. The van der Waals surface area contributed by atoms with Crippen LogP contribution in [-0.4, -0.2) is 43.4 Å². The van der Waals surface area contributed by atoms with Crippen molar-refractivity contribution in [1.82, 2.24) is 10.6 Å². The highest BCUT2D eigenvalue weighted by atomic mass is 16.6. The van der Waals surface area contributed by atoms with E-state index in [1.54, 1.807) is 20.8 Å². The van der Waals surface area contributed by atoms with E-state index in [1.165, 1.54) is 0 Å². The molecular formula is C12H22N2O4. The lowest BCUT2D eigenvalue weighted by molar-refractivity contribution is -0.149. The third kappa shape index (κ3) is 6.44. The highest BCUT2D eigenvalue weighted by molar-refractivity contribution is 5.78. The van der Waals surface area contributed by atoms with Crippen LogP contribution in [0.4, 0.5) is 4.79 Å².